The summed E-state index contributed by atoms with van der Waals surface area (Å²) in [7, 11) is 0. The lowest BCUT2D eigenvalue weighted by Gasteiger charge is -2.39. The summed E-state index contributed by atoms with van der Waals surface area (Å²) in [5.41, 5.74) is 8.67. The summed E-state index contributed by atoms with van der Waals surface area (Å²) < 4.78 is 5.51. The summed E-state index contributed by atoms with van der Waals surface area (Å²) in [6.07, 6.45) is -0.0968. The van der Waals surface area contributed by atoms with E-state index in [0.29, 0.717) is 6.61 Å². The fourth-order valence-electron chi connectivity index (χ4n) is 2.72. The molecule has 4 nitrogen and oxygen atoms in total. The van der Waals surface area contributed by atoms with Gasteiger partial charge in [-0.15, -0.1) is 0 Å². The van der Waals surface area contributed by atoms with E-state index in [-0.39, 0.29) is 24.8 Å². The van der Waals surface area contributed by atoms with Crippen molar-refractivity contribution in [3.05, 3.63) is 35.4 Å². The van der Waals surface area contributed by atoms with E-state index < -0.39 is 0 Å². The Morgan fingerprint density at radius 1 is 1.42 bits per heavy atom. The Hall–Kier alpha value is -0.940. The van der Waals surface area contributed by atoms with Crippen molar-refractivity contribution in [3.8, 4) is 0 Å². The molecule has 4 heteroatoms. The van der Waals surface area contributed by atoms with Crippen molar-refractivity contribution in [1.82, 2.24) is 4.90 Å². The Kier molecular flexibility index (Phi) is 4.93. The zero-order valence-electron chi connectivity index (χ0n) is 11.7. The third kappa shape index (κ3) is 3.54. The largest absolute Gasteiger partial charge is 0.394 e. The summed E-state index contributed by atoms with van der Waals surface area (Å²) in [6.45, 7) is 6.43. The molecule has 3 unspecified atom stereocenters. The fourth-order valence-corrected chi connectivity index (χ4v) is 2.72. The molecule has 0 saturated carbocycles. The second-order valence-electron chi connectivity index (χ2n) is 5.38. The maximum atomic E-state index is 9.25. The highest BCUT2D eigenvalue weighted by molar-refractivity contribution is 5.25. The van der Waals surface area contributed by atoms with Gasteiger partial charge in [-0.05, 0) is 19.4 Å². The van der Waals surface area contributed by atoms with E-state index in [1.54, 1.807) is 0 Å². The number of aliphatic hydroxyl groups is 1. The zero-order chi connectivity index (χ0) is 13.8. The second kappa shape index (κ2) is 6.48. The molecule has 1 heterocycles. The van der Waals surface area contributed by atoms with Gasteiger partial charge in [-0.3, -0.25) is 4.90 Å². The minimum Gasteiger partial charge on any atom is -0.394 e. The molecule has 0 aromatic heterocycles. The molecule has 1 aliphatic heterocycles. The van der Waals surface area contributed by atoms with E-state index in [9.17, 15) is 5.11 Å². The van der Waals surface area contributed by atoms with Gasteiger partial charge in [0.05, 0.1) is 19.3 Å². The van der Waals surface area contributed by atoms with Crippen molar-refractivity contribution < 1.29 is 9.84 Å². The van der Waals surface area contributed by atoms with Gasteiger partial charge in [0.2, 0.25) is 0 Å². The van der Waals surface area contributed by atoms with Gasteiger partial charge in [-0.25, -0.2) is 0 Å². The lowest BCUT2D eigenvalue weighted by atomic mass is 9.97. The van der Waals surface area contributed by atoms with Crippen LogP contribution in [0.15, 0.2) is 24.3 Å². The van der Waals surface area contributed by atoms with E-state index in [1.807, 2.05) is 6.92 Å². The minimum absolute atomic E-state index is 0.0418. The molecule has 1 aromatic rings. The molecule has 0 aliphatic carbocycles. The van der Waals surface area contributed by atoms with Crippen molar-refractivity contribution in [2.24, 2.45) is 5.73 Å². The first kappa shape index (κ1) is 14.5. The van der Waals surface area contributed by atoms with Gasteiger partial charge in [0.15, 0.2) is 0 Å². The molecular weight excluding hydrogens is 240 g/mol. The van der Waals surface area contributed by atoms with Crippen LogP contribution >= 0.6 is 0 Å². The number of aryl methyl sites for hydroxylation is 1. The third-order valence-corrected chi connectivity index (χ3v) is 3.68. The highest BCUT2D eigenvalue weighted by atomic mass is 16.5. The van der Waals surface area contributed by atoms with Crippen LogP contribution in [-0.2, 0) is 4.74 Å². The maximum absolute atomic E-state index is 9.25. The Bertz CT molecular complexity index is 392. The van der Waals surface area contributed by atoms with E-state index >= 15 is 0 Å². The van der Waals surface area contributed by atoms with Gasteiger partial charge in [0.1, 0.15) is 0 Å². The fraction of sp³-hybridized carbons (Fsp3) is 0.600. The van der Waals surface area contributed by atoms with E-state index in [0.717, 1.165) is 13.1 Å². The van der Waals surface area contributed by atoms with Crippen LogP contribution in [0.3, 0.4) is 0 Å². The quantitative estimate of drug-likeness (QED) is 0.854. The van der Waals surface area contributed by atoms with Crippen molar-refractivity contribution in [1.29, 1.82) is 0 Å². The predicted octanol–water partition coefficient (Wildman–Crippen LogP) is 1.08. The first-order valence-electron chi connectivity index (χ1n) is 6.90. The molecule has 1 fully saturated rings. The summed E-state index contributed by atoms with van der Waals surface area (Å²) in [5, 5.41) is 9.25. The zero-order valence-corrected chi connectivity index (χ0v) is 11.7. The van der Waals surface area contributed by atoms with E-state index in [1.165, 1.54) is 11.1 Å². The highest BCUT2D eigenvalue weighted by Crippen LogP contribution is 2.25. The Balaban J connectivity index is 2.17. The van der Waals surface area contributed by atoms with E-state index in [4.69, 9.17) is 10.5 Å². The van der Waals surface area contributed by atoms with Crippen LogP contribution < -0.4 is 5.73 Å². The number of aliphatic hydroxyl groups excluding tert-OH is 1. The van der Waals surface area contributed by atoms with Crippen molar-refractivity contribution in [2.45, 2.75) is 32.0 Å². The molecule has 1 aliphatic rings. The highest BCUT2D eigenvalue weighted by Gasteiger charge is 2.29. The molecule has 1 aromatic carbocycles. The molecule has 0 bridgehead atoms. The van der Waals surface area contributed by atoms with Crippen molar-refractivity contribution in [2.75, 3.05) is 26.3 Å². The Morgan fingerprint density at radius 2 is 2.11 bits per heavy atom. The van der Waals surface area contributed by atoms with Gasteiger partial charge >= 0.3 is 0 Å². The number of morpholine rings is 1. The van der Waals surface area contributed by atoms with Gasteiger partial charge in [0, 0.05) is 25.2 Å². The molecule has 3 atom stereocenters. The first-order valence-corrected chi connectivity index (χ1v) is 6.90. The molecule has 0 spiro atoms. The summed E-state index contributed by atoms with van der Waals surface area (Å²) >= 11 is 0. The number of ether oxygens (including phenoxy) is 1. The number of benzene rings is 1. The lowest BCUT2D eigenvalue weighted by Crippen LogP contribution is -2.49. The molecule has 3 N–H and O–H groups in total. The molecule has 1 saturated heterocycles. The van der Waals surface area contributed by atoms with Crippen LogP contribution in [0.1, 0.15) is 24.1 Å². The standard InChI is InChI=1S/C15H24N2O2/c1-11-3-5-13(6-4-11)15(12(2)16)17-7-8-19-14(9-17)10-18/h3-6,12,14-15,18H,7-10,16H2,1-2H3. The minimum atomic E-state index is -0.0968. The average Bonchev–Trinajstić information content (AvgIpc) is 2.41. The summed E-state index contributed by atoms with van der Waals surface area (Å²) in [4.78, 5) is 2.32. The van der Waals surface area contributed by atoms with E-state index in [2.05, 4.69) is 36.1 Å². The topological polar surface area (TPSA) is 58.7 Å². The molecule has 19 heavy (non-hydrogen) atoms. The van der Waals surface area contributed by atoms with Crippen LogP contribution in [0, 0.1) is 6.92 Å². The predicted molar refractivity (Wildman–Crippen MR) is 76.0 cm³/mol. The normalized spacial score (nSPS) is 24.1. The van der Waals surface area contributed by atoms with Gasteiger partial charge in [-0.1, -0.05) is 29.8 Å². The number of hydrogen-bond acceptors (Lipinski definition) is 4. The van der Waals surface area contributed by atoms with Crippen LogP contribution in [0.4, 0.5) is 0 Å². The number of rotatable bonds is 4. The maximum Gasteiger partial charge on any atom is 0.0933 e. The smallest absolute Gasteiger partial charge is 0.0933 e. The molecule has 106 valence electrons. The van der Waals surface area contributed by atoms with Gasteiger partial charge in [-0.2, -0.15) is 0 Å². The number of nitrogens with zero attached hydrogens (tertiary/aromatic N) is 1. The monoisotopic (exact) mass is 264 g/mol. The lowest BCUT2D eigenvalue weighted by molar-refractivity contribution is -0.0675. The number of hydrogen-bond donors (Lipinski definition) is 2. The second-order valence-corrected chi connectivity index (χ2v) is 5.38. The van der Waals surface area contributed by atoms with Crippen LogP contribution in [0.5, 0.6) is 0 Å². The third-order valence-electron chi connectivity index (χ3n) is 3.68. The average molecular weight is 264 g/mol. The van der Waals surface area contributed by atoms with Gasteiger partial charge in [0.25, 0.3) is 0 Å². The van der Waals surface area contributed by atoms with Crippen LogP contribution in [0.25, 0.3) is 0 Å². The Labute approximate surface area is 115 Å². The molecular formula is C15H24N2O2. The van der Waals surface area contributed by atoms with Crippen molar-refractivity contribution >= 4 is 0 Å². The van der Waals surface area contributed by atoms with Gasteiger partial charge < -0.3 is 15.6 Å². The SMILES string of the molecule is Cc1ccc(C(C(C)N)N2CCOC(CO)C2)cc1. The molecule has 0 radical (unpaired) electrons. The molecule has 0 amide bonds. The Morgan fingerprint density at radius 3 is 2.68 bits per heavy atom. The molecule has 2 rings (SSSR count). The summed E-state index contributed by atoms with van der Waals surface area (Å²) in [6, 6.07) is 8.75. The van der Waals surface area contributed by atoms with Crippen LogP contribution in [-0.4, -0.2) is 48.5 Å². The first-order chi connectivity index (χ1) is 9.11. The van der Waals surface area contributed by atoms with Crippen molar-refractivity contribution in [3.63, 3.8) is 0 Å². The number of nitrogens with two attached hydrogens (primary N) is 1. The summed E-state index contributed by atoms with van der Waals surface area (Å²) in [5.74, 6) is 0. The van der Waals surface area contributed by atoms with Crippen LogP contribution in [0.2, 0.25) is 0 Å².